The van der Waals surface area contributed by atoms with Crippen LogP contribution in [-0.2, 0) is 18.3 Å². The van der Waals surface area contributed by atoms with Crippen molar-refractivity contribution >= 4 is 16.6 Å². The number of carbonyl (C=O) groups is 1. The maximum atomic E-state index is 12.9. The van der Waals surface area contributed by atoms with E-state index in [-0.39, 0.29) is 5.92 Å². The van der Waals surface area contributed by atoms with Crippen molar-refractivity contribution < 1.29 is 4.79 Å². The Labute approximate surface area is 178 Å². The smallest absolute Gasteiger partial charge is 0.142 e. The summed E-state index contributed by atoms with van der Waals surface area (Å²) in [5.41, 5.74) is 3.01. The summed E-state index contributed by atoms with van der Waals surface area (Å²) in [5, 5.41) is 10.3. The molecule has 0 aliphatic carbocycles. The third-order valence-electron chi connectivity index (χ3n) is 5.77. The standard InChI is InChI=1S/C24H31N5O/c1-24(2,3)16-29-9-7-17(8-10-29)23(30)13-21-12-20-11-18(5-6-19(20)14-25-21)22-15-28(4)27-26-22/h5-6,11-12,14-15,17H,7-10,13,16H2,1-4H3. The van der Waals surface area contributed by atoms with Crippen LogP contribution in [0.2, 0.25) is 0 Å². The van der Waals surface area contributed by atoms with E-state index in [0.717, 1.165) is 60.2 Å². The zero-order chi connectivity index (χ0) is 21.3. The Kier molecular flexibility index (Phi) is 5.69. The number of aromatic nitrogens is 4. The maximum absolute atomic E-state index is 12.9. The lowest BCUT2D eigenvalue weighted by atomic mass is 9.88. The maximum Gasteiger partial charge on any atom is 0.142 e. The third-order valence-corrected chi connectivity index (χ3v) is 5.77. The van der Waals surface area contributed by atoms with Gasteiger partial charge in [0.25, 0.3) is 0 Å². The molecular weight excluding hydrogens is 374 g/mol. The van der Waals surface area contributed by atoms with Crippen LogP contribution in [-0.4, -0.2) is 50.3 Å². The molecule has 6 nitrogen and oxygen atoms in total. The van der Waals surface area contributed by atoms with Crippen molar-refractivity contribution in [3.8, 4) is 11.3 Å². The van der Waals surface area contributed by atoms with E-state index in [1.54, 1.807) is 4.68 Å². The first kappa shape index (κ1) is 20.7. The van der Waals surface area contributed by atoms with Crippen LogP contribution in [0.25, 0.3) is 22.0 Å². The van der Waals surface area contributed by atoms with Gasteiger partial charge in [-0.1, -0.05) is 38.1 Å². The summed E-state index contributed by atoms with van der Waals surface area (Å²) in [6.07, 6.45) is 6.09. The minimum absolute atomic E-state index is 0.157. The van der Waals surface area contributed by atoms with Crippen LogP contribution in [0.4, 0.5) is 0 Å². The molecule has 6 heteroatoms. The van der Waals surface area contributed by atoms with Gasteiger partial charge in [0.15, 0.2) is 0 Å². The van der Waals surface area contributed by atoms with E-state index >= 15 is 0 Å². The van der Waals surface area contributed by atoms with Gasteiger partial charge in [0, 0.05) is 48.8 Å². The number of fused-ring (bicyclic) bond motifs is 1. The van der Waals surface area contributed by atoms with Crippen LogP contribution >= 0.6 is 0 Å². The largest absolute Gasteiger partial charge is 0.303 e. The molecule has 0 saturated carbocycles. The molecule has 0 amide bonds. The number of carbonyl (C=O) groups excluding carboxylic acids is 1. The van der Waals surface area contributed by atoms with Crippen LogP contribution in [0.5, 0.6) is 0 Å². The summed E-state index contributed by atoms with van der Waals surface area (Å²) in [6, 6.07) is 8.22. The second kappa shape index (κ2) is 8.26. The minimum Gasteiger partial charge on any atom is -0.303 e. The van der Waals surface area contributed by atoms with Crippen LogP contribution in [0.1, 0.15) is 39.3 Å². The molecule has 4 rings (SSSR count). The molecule has 1 aliphatic heterocycles. The molecule has 158 valence electrons. The number of benzene rings is 1. The van der Waals surface area contributed by atoms with Gasteiger partial charge in [-0.05, 0) is 48.9 Å². The third kappa shape index (κ3) is 4.93. The molecule has 0 unspecified atom stereocenters. The van der Waals surface area contributed by atoms with Gasteiger partial charge in [-0.25, -0.2) is 0 Å². The zero-order valence-corrected chi connectivity index (χ0v) is 18.4. The van der Waals surface area contributed by atoms with Gasteiger partial charge in [-0.15, -0.1) is 5.10 Å². The summed E-state index contributed by atoms with van der Waals surface area (Å²) in [6.45, 7) is 9.93. The number of nitrogens with zero attached hydrogens (tertiary/aromatic N) is 5. The van der Waals surface area contributed by atoms with Crippen LogP contribution in [0.15, 0.2) is 36.7 Å². The second-order valence-corrected chi connectivity index (χ2v) is 9.77. The molecule has 1 aromatic carbocycles. The number of Topliss-reactive ketones (excluding diaryl/α,β-unsaturated/α-hetero) is 1. The van der Waals surface area contributed by atoms with Gasteiger partial charge in [0.2, 0.25) is 0 Å². The predicted molar refractivity (Wildman–Crippen MR) is 119 cm³/mol. The van der Waals surface area contributed by atoms with Gasteiger partial charge in [0.05, 0.1) is 6.20 Å². The summed E-state index contributed by atoms with van der Waals surface area (Å²) < 4.78 is 1.70. The number of hydrogen-bond acceptors (Lipinski definition) is 5. The van der Waals surface area contributed by atoms with Gasteiger partial charge >= 0.3 is 0 Å². The normalized spacial score (nSPS) is 16.3. The van der Waals surface area contributed by atoms with E-state index in [9.17, 15) is 4.79 Å². The van der Waals surface area contributed by atoms with E-state index in [0.29, 0.717) is 17.6 Å². The van der Waals surface area contributed by atoms with Crippen LogP contribution in [0, 0.1) is 11.3 Å². The SMILES string of the molecule is Cn1cc(-c2ccc3cnc(CC(=O)C4CCN(CC(C)(C)C)CC4)cc3c2)nn1. The highest BCUT2D eigenvalue weighted by molar-refractivity contribution is 5.88. The van der Waals surface area contributed by atoms with Crippen molar-refractivity contribution in [2.24, 2.45) is 18.4 Å². The van der Waals surface area contributed by atoms with E-state index < -0.39 is 0 Å². The number of aryl methyl sites for hydroxylation is 1. The molecule has 0 bridgehead atoms. The number of ketones is 1. The molecule has 3 heterocycles. The van der Waals surface area contributed by atoms with Crippen molar-refractivity contribution in [3.05, 3.63) is 42.4 Å². The first-order valence-corrected chi connectivity index (χ1v) is 10.8. The van der Waals surface area contributed by atoms with E-state index in [1.807, 2.05) is 37.6 Å². The highest BCUT2D eigenvalue weighted by Gasteiger charge is 2.27. The van der Waals surface area contributed by atoms with Crippen molar-refractivity contribution in [3.63, 3.8) is 0 Å². The molecule has 1 fully saturated rings. The van der Waals surface area contributed by atoms with Crippen LogP contribution < -0.4 is 0 Å². The van der Waals surface area contributed by atoms with Gasteiger partial charge in [-0.2, -0.15) is 0 Å². The highest BCUT2D eigenvalue weighted by Crippen LogP contribution is 2.25. The summed E-state index contributed by atoms with van der Waals surface area (Å²) >= 11 is 0. The Bertz CT molecular complexity index is 1040. The fourth-order valence-corrected chi connectivity index (χ4v) is 4.33. The van der Waals surface area contributed by atoms with E-state index in [2.05, 4.69) is 47.0 Å². The molecular formula is C24H31N5O. The topological polar surface area (TPSA) is 63.9 Å². The molecule has 1 saturated heterocycles. The summed E-state index contributed by atoms with van der Waals surface area (Å²) in [5.74, 6) is 0.479. The van der Waals surface area contributed by atoms with Gasteiger partial charge < -0.3 is 4.90 Å². The van der Waals surface area contributed by atoms with Crippen molar-refractivity contribution in [2.75, 3.05) is 19.6 Å². The lowest BCUT2D eigenvalue weighted by Gasteiger charge is -2.35. The average Bonchev–Trinajstić information content (AvgIpc) is 3.13. The quantitative estimate of drug-likeness (QED) is 0.644. The molecule has 3 aromatic rings. The molecule has 0 N–H and O–H groups in total. The lowest BCUT2D eigenvalue weighted by molar-refractivity contribution is -0.123. The fraction of sp³-hybridized carbons (Fsp3) is 0.500. The monoisotopic (exact) mass is 405 g/mol. The first-order chi connectivity index (χ1) is 14.3. The average molecular weight is 406 g/mol. The molecule has 30 heavy (non-hydrogen) atoms. The predicted octanol–water partition coefficient (Wildman–Crippen LogP) is 3.90. The van der Waals surface area contributed by atoms with Gasteiger partial charge in [-0.3, -0.25) is 14.5 Å². The summed E-state index contributed by atoms with van der Waals surface area (Å²) in [4.78, 5) is 19.9. The lowest BCUT2D eigenvalue weighted by Crippen LogP contribution is -2.40. The number of pyridine rings is 1. The Hall–Kier alpha value is -2.60. The molecule has 2 aromatic heterocycles. The van der Waals surface area contributed by atoms with Crippen molar-refractivity contribution in [1.29, 1.82) is 0 Å². The van der Waals surface area contributed by atoms with E-state index in [1.165, 1.54) is 0 Å². The van der Waals surface area contributed by atoms with E-state index in [4.69, 9.17) is 0 Å². The summed E-state index contributed by atoms with van der Waals surface area (Å²) in [7, 11) is 1.86. The Morgan fingerprint density at radius 3 is 2.57 bits per heavy atom. The second-order valence-electron chi connectivity index (χ2n) is 9.77. The molecule has 0 spiro atoms. The highest BCUT2D eigenvalue weighted by atomic mass is 16.1. The Morgan fingerprint density at radius 2 is 1.90 bits per heavy atom. The van der Waals surface area contributed by atoms with Gasteiger partial charge in [0.1, 0.15) is 11.5 Å². The molecule has 1 aliphatic rings. The number of rotatable bonds is 5. The minimum atomic E-state index is 0.157. The number of hydrogen-bond donors (Lipinski definition) is 0. The zero-order valence-electron chi connectivity index (χ0n) is 18.4. The Morgan fingerprint density at radius 1 is 1.13 bits per heavy atom. The van der Waals surface area contributed by atoms with Crippen molar-refractivity contribution in [2.45, 2.75) is 40.0 Å². The fourth-order valence-electron chi connectivity index (χ4n) is 4.33. The molecule has 0 radical (unpaired) electrons. The first-order valence-electron chi connectivity index (χ1n) is 10.8. The van der Waals surface area contributed by atoms with Crippen LogP contribution in [0.3, 0.4) is 0 Å². The number of likely N-dealkylation sites (tertiary alicyclic amines) is 1. The Balaban J connectivity index is 1.43. The molecule has 0 atom stereocenters. The number of piperidine rings is 1. The van der Waals surface area contributed by atoms with Crippen molar-refractivity contribution in [1.82, 2.24) is 24.9 Å².